The molecule has 0 amide bonds. The molecule has 2 fully saturated rings. The highest BCUT2D eigenvalue weighted by molar-refractivity contribution is 5.22. The van der Waals surface area contributed by atoms with Gasteiger partial charge in [-0.25, -0.2) is 0 Å². The molecule has 2 aliphatic rings. The van der Waals surface area contributed by atoms with Crippen LogP contribution in [-0.2, 0) is 4.74 Å². The lowest BCUT2D eigenvalue weighted by Gasteiger charge is -2.08. The van der Waals surface area contributed by atoms with Crippen LogP contribution in [0.4, 0.5) is 0 Å². The van der Waals surface area contributed by atoms with E-state index in [-0.39, 0.29) is 0 Å². The summed E-state index contributed by atoms with van der Waals surface area (Å²) in [5.41, 5.74) is 0.439. The zero-order valence-corrected chi connectivity index (χ0v) is 5.48. The Hall–Kier alpha value is -0.0400. The van der Waals surface area contributed by atoms with Gasteiger partial charge in [-0.15, -0.1) is 0 Å². The third-order valence-corrected chi connectivity index (χ3v) is 2.08. The molecule has 0 unspecified atom stereocenters. The van der Waals surface area contributed by atoms with Crippen LogP contribution >= 0.6 is 0 Å². The van der Waals surface area contributed by atoms with Crippen molar-refractivity contribution in [3.8, 4) is 0 Å². The fraction of sp³-hybridized carbons (Fsp3) is 1.00. The van der Waals surface area contributed by atoms with Crippen molar-refractivity contribution in [2.24, 2.45) is 5.92 Å². The second kappa shape index (κ2) is 1.10. The molecule has 0 atom stereocenters. The number of hydrogen-bond donors (Lipinski definition) is 0. The first-order valence-electron chi connectivity index (χ1n) is 3.41. The van der Waals surface area contributed by atoms with Gasteiger partial charge < -0.3 is 4.74 Å². The molecule has 0 aromatic rings. The van der Waals surface area contributed by atoms with Crippen molar-refractivity contribution < 1.29 is 4.74 Å². The second-order valence-electron chi connectivity index (χ2n) is 3.34. The summed E-state index contributed by atoms with van der Waals surface area (Å²) >= 11 is 0. The SMILES string of the molecule is CC(C)OC12CC1C2. The van der Waals surface area contributed by atoms with E-state index in [1.165, 1.54) is 12.8 Å². The summed E-state index contributed by atoms with van der Waals surface area (Å²) in [6, 6.07) is 0. The van der Waals surface area contributed by atoms with Crippen LogP contribution in [0.25, 0.3) is 0 Å². The third kappa shape index (κ3) is 0.510. The smallest absolute Gasteiger partial charge is 0.0723 e. The minimum Gasteiger partial charge on any atom is -0.372 e. The molecule has 0 bridgehead atoms. The Labute approximate surface area is 50.0 Å². The van der Waals surface area contributed by atoms with Gasteiger partial charge in [0.15, 0.2) is 0 Å². The second-order valence-corrected chi connectivity index (χ2v) is 3.34. The standard InChI is InChI=1S/C7H12O/c1-5(2)8-7-3-6(7)4-7/h5-6H,3-4H2,1-2H3. The van der Waals surface area contributed by atoms with Gasteiger partial charge in [0, 0.05) is 0 Å². The van der Waals surface area contributed by atoms with E-state index in [0.717, 1.165) is 5.92 Å². The predicted octanol–water partition coefficient (Wildman–Crippen LogP) is 1.57. The molecule has 2 rings (SSSR count). The van der Waals surface area contributed by atoms with Crippen molar-refractivity contribution in [2.45, 2.75) is 38.4 Å². The summed E-state index contributed by atoms with van der Waals surface area (Å²) in [7, 11) is 0. The molecule has 2 saturated carbocycles. The summed E-state index contributed by atoms with van der Waals surface area (Å²) in [6.45, 7) is 4.23. The first-order chi connectivity index (χ1) is 3.73. The van der Waals surface area contributed by atoms with Gasteiger partial charge >= 0.3 is 0 Å². The van der Waals surface area contributed by atoms with Gasteiger partial charge in [0.25, 0.3) is 0 Å². The van der Waals surface area contributed by atoms with Gasteiger partial charge in [-0.05, 0) is 32.6 Å². The van der Waals surface area contributed by atoms with Crippen molar-refractivity contribution in [3.63, 3.8) is 0 Å². The molecule has 2 aliphatic carbocycles. The molecule has 0 aliphatic heterocycles. The Morgan fingerprint density at radius 1 is 1.50 bits per heavy atom. The Morgan fingerprint density at radius 3 is 2.12 bits per heavy atom. The number of hydrogen-bond acceptors (Lipinski definition) is 1. The highest BCUT2D eigenvalue weighted by Gasteiger charge is 2.71. The zero-order chi connectivity index (χ0) is 5.78. The van der Waals surface area contributed by atoms with Gasteiger partial charge in [0.05, 0.1) is 11.7 Å². The minimum absolute atomic E-state index is 0.439. The topological polar surface area (TPSA) is 9.23 Å². The lowest BCUT2D eigenvalue weighted by Crippen LogP contribution is -2.09. The van der Waals surface area contributed by atoms with Crippen molar-refractivity contribution in [1.29, 1.82) is 0 Å². The molecule has 0 radical (unpaired) electrons. The normalized spacial score (nSPS) is 49.1. The quantitative estimate of drug-likeness (QED) is 0.527. The summed E-state index contributed by atoms with van der Waals surface area (Å²) in [4.78, 5) is 0. The third-order valence-electron chi connectivity index (χ3n) is 2.08. The van der Waals surface area contributed by atoms with E-state index < -0.39 is 0 Å². The molecule has 0 heterocycles. The number of fused-ring (bicyclic) bond motifs is 1. The molecule has 0 aromatic carbocycles. The van der Waals surface area contributed by atoms with E-state index in [4.69, 9.17) is 4.74 Å². The average Bonchev–Trinajstić information content (AvgIpc) is 2.18. The fourth-order valence-electron chi connectivity index (χ4n) is 1.32. The van der Waals surface area contributed by atoms with Crippen LogP contribution in [0, 0.1) is 5.92 Å². The van der Waals surface area contributed by atoms with Gasteiger partial charge in [-0.3, -0.25) is 0 Å². The van der Waals surface area contributed by atoms with E-state index in [1.54, 1.807) is 0 Å². The lowest BCUT2D eigenvalue weighted by atomic mass is 10.4. The molecule has 8 heavy (non-hydrogen) atoms. The molecule has 0 spiro atoms. The van der Waals surface area contributed by atoms with Crippen LogP contribution in [0.1, 0.15) is 26.7 Å². The van der Waals surface area contributed by atoms with Crippen LogP contribution in [-0.4, -0.2) is 11.7 Å². The number of rotatable bonds is 2. The van der Waals surface area contributed by atoms with E-state index in [0.29, 0.717) is 11.7 Å². The van der Waals surface area contributed by atoms with E-state index in [2.05, 4.69) is 13.8 Å². The highest BCUT2D eigenvalue weighted by atomic mass is 16.5. The highest BCUT2D eigenvalue weighted by Crippen LogP contribution is 2.69. The first kappa shape index (κ1) is 4.80. The Kier molecular flexibility index (Phi) is 0.663. The summed E-state index contributed by atoms with van der Waals surface area (Å²) in [6.07, 6.45) is 3.15. The largest absolute Gasteiger partial charge is 0.372 e. The van der Waals surface area contributed by atoms with Crippen LogP contribution < -0.4 is 0 Å². The average molecular weight is 112 g/mol. The molecule has 46 valence electrons. The van der Waals surface area contributed by atoms with Crippen LogP contribution in [0.15, 0.2) is 0 Å². The van der Waals surface area contributed by atoms with Crippen molar-refractivity contribution in [2.75, 3.05) is 0 Å². The Balaban J connectivity index is 1.84. The van der Waals surface area contributed by atoms with E-state index in [9.17, 15) is 0 Å². The van der Waals surface area contributed by atoms with Gasteiger partial charge in [-0.2, -0.15) is 0 Å². The first-order valence-corrected chi connectivity index (χ1v) is 3.41. The zero-order valence-electron chi connectivity index (χ0n) is 5.48. The molecule has 0 aromatic heterocycles. The summed E-state index contributed by atoms with van der Waals surface area (Å²) < 4.78 is 5.62. The molecule has 1 nitrogen and oxygen atoms in total. The maximum atomic E-state index is 5.62. The van der Waals surface area contributed by atoms with Crippen LogP contribution in [0.5, 0.6) is 0 Å². The molecule has 0 saturated heterocycles. The predicted molar refractivity (Wildman–Crippen MR) is 31.7 cm³/mol. The Morgan fingerprint density at radius 2 is 2.00 bits per heavy atom. The molecular formula is C7H12O. The fourth-order valence-corrected chi connectivity index (χ4v) is 1.32. The summed E-state index contributed by atoms with van der Waals surface area (Å²) in [5.74, 6) is 0.977. The maximum absolute atomic E-state index is 5.62. The van der Waals surface area contributed by atoms with E-state index >= 15 is 0 Å². The molecule has 1 heteroatoms. The molecule has 0 N–H and O–H groups in total. The van der Waals surface area contributed by atoms with Gasteiger partial charge in [0.2, 0.25) is 0 Å². The van der Waals surface area contributed by atoms with Gasteiger partial charge in [-0.1, -0.05) is 0 Å². The maximum Gasteiger partial charge on any atom is 0.0723 e. The number of ether oxygens (including phenoxy) is 1. The lowest BCUT2D eigenvalue weighted by molar-refractivity contribution is 0.0262. The molecular weight excluding hydrogens is 100 g/mol. The monoisotopic (exact) mass is 112 g/mol. The van der Waals surface area contributed by atoms with Gasteiger partial charge in [0.1, 0.15) is 0 Å². The minimum atomic E-state index is 0.439. The summed E-state index contributed by atoms with van der Waals surface area (Å²) in [5, 5.41) is 0. The van der Waals surface area contributed by atoms with Crippen LogP contribution in [0.2, 0.25) is 0 Å². The van der Waals surface area contributed by atoms with Crippen molar-refractivity contribution in [3.05, 3.63) is 0 Å². The van der Waals surface area contributed by atoms with Crippen molar-refractivity contribution in [1.82, 2.24) is 0 Å². The van der Waals surface area contributed by atoms with E-state index in [1.807, 2.05) is 0 Å². The van der Waals surface area contributed by atoms with Crippen LogP contribution in [0.3, 0.4) is 0 Å². The Bertz CT molecular complexity index is 112. The van der Waals surface area contributed by atoms with Crippen molar-refractivity contribution >= 4 is 0 Å².